The minimum Gasteiger partial charge on any atom is -0.491 e. The molecule has 1 N–H and O–H groups in total. The molecule has 1 atom stereocenters. The number of nitrogens with zero attached hydrogens (tertiary/aromatic N) is 3. The molecule has 0 saturated heterocycles. The van der Waals surface area contributed by atoms with Gasteiger partial charge in [0.15, 0.2) is 0 Å². The summed E-state index contributed by atoms with van der Waals surface area (Å²) in [7, 11) is 0. The van der Waals surface area contributed by atoms with Crippen molar-refractivity contribution in [2.75, 3.05) is 6.61 Å². The van der Waals surface area contributed by atoms with Crippen molar-refractivity contribution in [2.45, 2.75) is 6.04 Å². The zero-order chi connectivity index (χ0) is 16.5. The summed E-state index contributed by atoms with van der Waals surface area (Å²) in [5.41, 5.74) is 1.29. The normalized spacial score (nSPS) is 15.6. The van der Waals surface area contributed by atoms with Crippen LogP contribution in [0.1, 0.15) is 22.0 Å². The van der Waals surface area contributed by atoms with Gasteiger partial charge in [0, 0.05) is 29.2 Å². The molecule has 1 aliphatic rings. The summed E-state index contributed by atoms with van der Waals surface area (Å²) in [6.07, 6.45) is 6.64. The van der Waals surface area contributed by atoms with Gasteiger partial charge in [-0.05, 0) is 24.3 Å². The van der Waals surface area contributed by atoms with Crippen molar-refractivity contribution in [1.82, 2.24) is 19.9 Å². The number of halogens is 1. The van der Waals surface area contributed by atoms with Gasteiger partial charge in [0.2, 0.25) is 0 Å². The lowest BCUT2D eigenvalue weighted by atomic mass is 10.1. The molecular formula is C17H13ClN4O2. The van der Waals surface area contributed by atoms with E-state index in [1.165, 1.54) is 6.20 Å². The van der Waals surface area contributed by atoms with Crippen molar-refractivity contribution in [1.29, 1.82) is 0 Å². The van der Waals surface area contributed by atoms with Crippen molar-refractivity contribution in [3.05, 3.63) is 71.4 Å². The molecule has 24 heavy (non-hydrogen) atoms. The molecular weight excluding hydrogens is 328 g/mol. The van der Waals surface area contributed by atoms with Gasteiger partial charge < -0.3 is 10.1 Å². The summed E-state index contributed by atoms with van der Waals surface area (Å²) < 4.78 is 7.34. The van der Waals surface area contributed by atoms with E-state index < -0.39 is 0 Å². The minimum absolute atomic E-state index is 0.221. The molecule has 0 bridgehead atoms. The van der Waals surface area contributed by atoms with Gasteiger partial charge in [-0.25, -0.2) is 9.97 Å². The number of amides is 1. The summed E-state index contributed by atoms with van der Waals surface area (Å²) in [4.78, 5) is 20.7. The highest BCUT2D eigenvalue weighted by molar-refractivity contribution is 6.31. The van der Waals surface area contributed by atoms with Crippen LogP contribution in [0, 0.1) is 0 Å². The number of pyridine rings is 1. The maximum atomic E-state index is 12.5. The summed E-state index contributed by atoms with van der Waals surface area (Å²) in [6, 6.07) is 8.67. The molecule has 1 unspecified atom stereocenters. The molecule has 6 nitrogen and oxygen atoms in total. The van der Waals surface area contributed by atoms with E-state index in [1.54, 1.807) is 41.5 Å². The van der Waals surface area contributed by atoms with Gasteiger partial charge in [0.05, 0.1) is 11.6 Å². The maximum Gasteiger partial charge on any atom is 0.253 e. The van der Waals surface area contributed by atoms with Crippen molar-refractivity contribution in [3.8, 4) is 11.6 Å². The fraction of sp³-hybridized carbons (Fsp3) is 0.118. The Kier molecular flexibility index (Phi) is 3.66. The Morgan fingerprint density at radius 2 is 2.25 bits per heavy atom. The molecule has 0 spiro atoms. The number of rotatable bonds is 3. The Hall–Kier alpha value is -2.86. The molecule has 7 heteroatoms. The molecule has 120 valence electrons. The predicted molar refractivity (Wildman–Crippen MR) is 88.5 cm³/mol. The quantitative estimate of drug-likeness (QED) is 0.796. The average molecular weight is 341 g/mol. The number of carbonyl (C=O) groups excluding carboxylic acids is 1. The lowest BCUT2D eigenvalue weighted by Gasteiger charge is -2.13. The number of carbonyl (C=O) groups is 1. The van der Waals surface area contributed by atoms with Crippen LogP contribution in [0.2, 0.25) is 5.02 Å². The topological polar surface area (TPSA) is 69.0 Å². The average Bonchev–Trinajstić information content (AvgIpc) is 3.26. The molecule has 0 aliphatic carbocycles. The first-order chi connectivity index (χ1) is 11.7. The number of nitrogens with one attached hydrogen (secondary N) is 1. The second kappa shape index (κ2) is 5.98. The van der Waals surface area contributed by atoms with E-state index >= 15 is 0 Å². The van der Waals surface area contributed by atoms with Crippen molar-refractivity contribution >= 4 is 17.5 Å². The van der Waals surface area contributed by atoms with Crippen LogP contribution in [0.25, 0.3) is 5.82 Å². The van der Waals surface area contributed by atoms with Crippen molar-refractivity contribution in [3.63, 3.8) is 0 Å². The Balaban J connectivity index is 1.52. The Bertz CT molecular complexity index is 878. The monoisotopic (exact) mass is 340 g/mol. The third-order valence-electron chi connectivity index (χ3n) is 3.85. The largest absolute Gasteiger partial charge is 0.491 e. The van der Waals surface area contributed by atoms with E-state index in [0.29, 0.717) is 28.8 Å². The van der Waals surface area contributed by atoms with E-state index in [4.69, 9.17) is 16.3 Å². The van der Waals surface area contributed by atoms with Crippen molar-refractivity contribution < 1.29 is 9.53 Å². The lowest BCUT2D eigenvalue weighted by molar-refractivity contribution is 0.0930. The summed E-state index contributed by atoms with van der Waals surface area (Å²) >= 11 is 6.22. The van der Waals surface area contributed by atoms with E-state index in [0.717, 1.165) is 5.56 Å². The first-order valence-electron chi connectivity index (χ1n) is 7.39. The van der Waals surface area contributed by atoms with Gasteiger partial charge in [0.1, 0.15) is 24.5 Å². The van der Waals surface area contributed by atoms with E-state index in [1.807, 2.05) is 12.1 Å². The Morgan fingerprint density at radius 3 is 3.00 bits per heavy atom. The molecule has 0 fully saturated rings. The second-order valence-electron chi connectivity index (χ2n) is 5.36. The highest BCUT2D eigenvalue weighted by Crippen LogP contribution is 2.37. The standard InChI is InChI=1S/C17H13ClN4O2/c18-12-2-1-3-14-16(12)13(9-24-14)21-17(23)11-4-5-15(20-8-11)22-7-6-19-10-22/h1-8,10,13H,9H2,(H,21,23). The number of benzene rings is 1. The zero-order valence-corrected chi connectivity index (χ0v) is 13.3. The Labute approximate surface area is 143 Å². The van der Waals surface area contributed by atoms with Crippen LogP contribution in [0.15, 0.2) is 55.2 Å². The van der Waals surface area contributed by atoms with Gasteiger partial charge in [-0.3, -0.25) is 9.36 Å². The summed E-state index contributed by atoms with van der Waals surface area (Å²) in [5.74, 6) is 1.18. The number of fused-ring (bicyclic) bond motifs is 1. The Morgan fingerprint density at radius 1 is 1.33 bits per heavy atom. The maximum absolute atomic E-state index is 12.5. The van der Waals surface area contributed by atoms with Crippen LogP contribution in [-0.2, 0) is 0 Å². The van der Waals surface area contributed by atoms with Crippen molar-refractivity contribution in [2.24, 2.45) is 0 Å². The predicted octanol–water partition coefficient (Wildman–Crippen LogP) is 2.78. The molecule has 1 aliphatic heterocycles. The first-order valence-corrected chi connectivity index (χ1v) is 7.76. The number of aromatic nitrogens is 3. The molecule has 1 amide bonds. The van der Waals surface area contributed by atoms with Gasteiger partial charge >= 0.3 is 0 Å². The van der Waals surface area contributed by atoms with Gasteiger partial charge in [0.25, 0.3) is 5.91 Å². The van der Waals surface area contributed by atoms with Crippen LogP contribution in [0.5, 0.6) is 5.75 Å². The van der Waals surface area contributed by atoms with E-state index in [9.17, 15) is 4.79 Å². The molecule has 3 aromatic rings. The van der Waals surface area contributed by atoms with Gasteiger partial charge in [-0.15, -0.1) is 0 Å². The first kappa shape index (κ1) is 14.7. The highest BCUT2D eigenvalue weighted by atomic mass is 35.5. The van der Waals surface area contributed by atoms with Gasteiger partial charge in [-0.2, -0.15) is 0 Å². The number of hydrogen-bond acceptors (Lipinski definition) is 4. The fourth-order valence-electron chi connectivity index (χ4n) is 2.66. The number of ether oxygens (including phenoxy) is 1. The SMILES string of the molecule is O=C(NC1COc2cccc(Cl)c21)c1ccc(-n2ccnc2)nc1. The third-order valence-corrected chi connectivity index (χ3v) is 4.18. The van der Waals surface area contributed by atoms with Crippen LogP contribution >= 0.6 is 11.6 Å². The number of imidazole rings is 1. The molecule has 0 radical (unpaired) electrons. The molecule has 0 saturated carbocycles. The van der Waals surface area contributed by atoms with Crippen LogP contribution in [-0.4, -0.2) is 27.0 Å². The summed E-state index contributed by atoms with van der Waals surface area (Å²) in [5, 5.41) is 3.53. The van der Waals surface area contributed by atoms with Gasteiger partial charge in [-0.1, -0.05) is 17.7 Å². The molecule has 2 aromatic heterocycles. The van der Waals surface area contributed by atoms with E-state index in [-0.39, 0.29) is 11.9 Å². The van der Waals surface area contributed by atoms with Crippen LogP contribution < -0.4 is 10.1 Å². The highest BCUT2D eigenvalue weighted by Gasteiger charge is 2.28. The summed E-state index contributed by atoms with van der Waals surface area (Å²) in [6.45, 7) is 0.366. The third kappa shape index (κ3) is 2.61. The van der Waals surface area contributed by atoms with Crippen LogP contribution in [0.4, 0.5) is 0 Å². The smallest absolute Gasteiger partial charge is 0.253 e. The molecule has 3 heterocycles. The number of hydrogen-bond donors (Lipinski definition) is 1. The van der Waals surface area contributed by atoms with E-state index in [2.05, 4.69) is 15.3 Å². The fourth-order valence-corrected chi connectivity index (χ4v) is 2.96. The van der Waals surface area contributed by atoms with Crippen LogP contribution in [0.3, 0.4) is 0 Å². The minimum atomic E-state index is -0.269. The molecule has 4 rings (SSSR count). The lowest BCUT2D eigenvalue weighted by Crippen LogP contribution is -2.29. The zero-order valence-electron chi connectivity index (χ0n) is 12.5. The second-order valence-corrected chi connectivity index (χ2v) is 5.77. The molecule has 1 aromatic carbocycles.